The summed E-state index contributed by atoms with van der Waals surface area (Å²) >= 11 is 0. The minimum absolute atomic E-state index is 0.0659. The molecule has 4 rings (SSSR count). The second-order valence-corrected chi connectivity index (χ2v) is 7.04. The average molecular weight is 383 g/mol. The molecule has 28 heavy (non-hydrogen) atoms. The van der Waals surface area contributed by atoms with E-state index in [1.54, 1.807) is 23.8 Å². The molecule has 10 heteroatoms. The molecule has 0 radical (unpaired) electrons. The van der Waals surface area contributed by atoms with E-state index in [1.165, 1.54) is 12.8 Å². The summed E-state index contributed by atoms with van der Waals surface area (Å²) in [6, 6.07) is 1.87. The highest BCUT2D eigenvalue weighted by Crippen LogP contribution is 2.33. The van der Waals surface area contributed by atoms with Crippen LogP contribution in [0.3, 0.4) is 0 Å². The predicted octanol–water partition coefficient (Wildman–Crippen LogP) is 1.16. The van der Waals surface area contributed by atoms with Gasteiger partial charge in [0.15, 0.2) is 11.3 Å². The minimum Gasteiger partial charge on any atom is -0.352 e. The molecule has 0 saturated heterocycles. The summed E-state index contributed by atoms with van der Waals surface area (Å²) in [5.41, 5.74) is 2.76. The SMILES string of the molecule is Cc1nonc1C(=O)NCc1cn2ncc(CNC(=O)CCC3CC3)cc2n1. The Morgan fingerprint density at radius 1 is 1.25 bits per heavy atom. The van der Waals surface area contributed by atoms with Crippen LogP contribution in [-0.4, -0.2) is 36.7 Å². The molecule has 3 aromatic rings. The van der Waals surface area contributed by atoms with E-state index in [4.69, 9.17) is 0 Å². The van der Waals surface area contributed by atoms with E-state index in [0.717, 1.165) is 17.9 Å². The van der Waals surface area contributed by atoms with Crippen LogP contribution in [-0.2, 0) is 17.9 Å². The molecule has 0 unspecified atom stereocenters. The lowest BCUT2D eigenvalue weighted by Crippen LogP contribution is -2.24. The van der Waals surface area contributed by atoms with Crippen molar-refractivity contribution in [3.05, 3.63) is 41.1 Å². The minimum atomic E-state index is -0.377. The van der Waals surface area contributed by atoms with Crippen LogP contribution in [0.5, 0.6) is 0 Å². The number of fused-ring (bicyclic) bond motifs is 1. The third kappa shape index (κ3) is 4.33. The summed E-state index contributed by atoms with van der Waals surface area (Å²) in [6.07, 6.45) is 7.50. The number of carbonyl (C=O) groups excluding carboxylic acids is 2. The molecule has 0 atom stereocenters. The third-order valence-corrected chi connectivity index (χ3v) is 4.69. The molecule has 0 spiro atoms. The molecule has 0 bridgehead atoms. The number of aryl methyl sites for hydroxylation is 1. The fourth-order valence-electron chi connectivity index (χ4n) is 2.87. The summed E-state index contributed by atoms with van der Waals surface area (Å²) < 4.78 is 6.16. The molecular formula is C18H21N7O3. The normalized spacial score (nSPS) is 13.6. The maximum absolute atomic E-state index is 12.1. The third-order valence-electron chi connectivity index (χ3n) is 4.69. The lowest BCUT2D eigenvalue weighted by Gasteiger charge is -2.05. The highest BCUT2D eigenvalue weighted by molar-refractivity contribution is 5.92. The Bertz CT molecular complexity index is 1010. The number of imidazole rings is 1. The maximum Gasteiger partial charge on any atom is 0.275 e. The number of rotatable bonds is 8. The number of amides is 2. The first-order chi connectivity index (χ1) is 13.6. The van der Waals surface area contributed by atoms with Gasteiger partial charge in [-0.3, -0.25) is 9.59 Å². The molecule has 0 aromatic carbocycles. The number of aromatic nitrogens is 5. The topological polar surface area (TPSA) is 127 Å². The van der Waals surface area contributed by atoms with Crippen molar-refractivity contribution in [2.24, 2.45) is 5.92 Å². The Kier molecular flexibility index (Phi) is 5.00. The van der Waals surface area contributed by atoms with E-state index < -0.39 is 0 Å². The van der Waals surface area contributed by atoms with Gasteiger partial charge in [-0.05, 0) is 36.0 Å². The molecule has 1 saturated carbocycles. The molecule has 2 N–H and O–H groups in total. The zero-order valence-electron chi connectivity index (χ0n) is 15.5. The largest absolute Gasteiger partial charge is 0.352 e. The van der Waals surface area contributed by atoms with Crippen molar-refractivity contribution in [2.75, 3.05) is 0 Å². The Labute approximate surface area is 160 Å². The fraction of sp³-hybridized carbons (Fsp3) is 0.444. The van der Waals surface area contributed by atoms with Crippen LogP contribution in [0.25, 0.3) is 5.65 Å². The van der Waals surface area contributed by atoms with Crippen LogP contribution >= 0.6 is 0 Å². The smallest absolute Gasteiger partial charge is 0.275 e. The Morgan fingerprint density at radius 3 is 2.86 bits per heavy atom. The molecule has 1 aliphatic carbocycles. The van der Waals surface area contributed by atoms with Gasteiger partial charge in [-0.15, -0.1) is 0 Å². The van der Waals surface area contributed by atoms with Crippen molar-refractivity contribution in [3.8, 4) is 0 Å². The highest BCUT2D eigenvalue weighted by Gasteiger charge is 2.21. The zero-order valence-corrected chi connectivity index (χ0v) is 15.5. The van der Waals surface area contributed by atoms with E-state index in [2.05, 4.69) is 35.7 Å². The Morgan fingerprint density at radius 2 is 2.11 bits per heavy atom. The van der Waals surface area contributed by atoms with Crippen LogP contribution in [0.1, 0.15) is 53.1 Å². The summed E-state index contributed by atoms with van der Waals surface area (Å²) in [7, 11) is 0. The van der Waals surface area contributed by atoms with Gasteiger partial charge in [0, 0.05) is 13.0 Å². The fourth-order valence-corrected chi connectivity index (χ4v) is 2.87. The lowest BCUT2D eigenvalue weighted by atomic mass is 10.2. The first-order valence-corrected chi connectivity index (χ1v) is 9.26. The van der Waals surface area contributed by atoms with E-state index in [-0.39, 0.29) is 24.1 Å². The number of nitrogens with zero attached hydrogens (tertiary/aromatic N) is 5. The quantitative estimate of drug-likeness (QED) is 0.597. The summed E-state index contributed by atoms with van der Waals surface area (Å²) in [4.78, 5) is 28.4. The van der Waals surface area contributed by atoms with Crippen molar-refractivity contribution in [2.45, 2.75) is 45.7 Å². The molecule has 0 aliphatic heterocycles. The van der Waals surface area contributed by atoms with Crippen LogP contribution in [0.4, 0.5) is 0 Å². The van der Waals surface area contributed by atoms with Crippen LogP contribution in [0.15, 0.2) is 23.1 Å². The summed E-state index contributed by atoms with van der Waals surface area (Å²) in [5.74, 6) is 0.437. The van der Waals surface area contributed by atoms with Crippen molar-refractivity contribution in [1.82, 2.24) is 35.5 Å². The monoisotopic (exact) mass is 383 g/mol. The van der Waals surface area contributed by atoms with Crippen molar-refractivity contribution < 1.29 is 14.2 Å². The number of carbonyl (C=O) groups is 2. The highest BCUT2D eigenvalue weighted by atomic mass is 16.6. The summed E-state index contributed by atoms with van der Waals surface area (Å²) in [6.45, 7) is 2.29. The second kappa shape index (κ2) is 7.75. The van der Waals surface area contributed by atoms with E-state index in [0.29, 0.717) is 30.0 Å². The van der Waals surface area contributed by atoms with Crippen molar-refractivity contribution >= 4 is 17.5 Å². The Hall–Kier alpha value is -3.30. The van der Waals surface area contributed by atoms with Gasteiger partial charge in [-0.2, -0.15) is 5.10 Å². The van der Waals surface area contributed by atoms with Gasteiger partial charge in [0.2, 0.25) is 5.91 Å². The number of nitrogens with one attached hydrogen (secondary N) is 2. The van der Waals surface area contributed by atoms with Gasteiger partial charge in [-0.25, -0.2) is 14.1 Å². The standard InChI is InChI=1S/C18H21N7O3/c1-11-17(24-28-23-11)18(27)20-9-14-10-25-15(22-14)6-13(8-21-25)7-19-16(26)5-4-12-2-3-12/h6,8,10,12H,2-5,7,9H2,1H3,(H,19,26)(H,20,27). The number of hydrogen-bond acceptors (Lipinski definition) is 7. The zero-order chi connectivity index (χ0) is 19.5. The first kappa shape index (κ1) is 18.1. The molecule has 1 aliphatic rings. The van der Waals surface area contributed by atoms with E-state index in [9.17, 15) is 9.59 Å². The lowest BCUT2D eigenvalue weighted by molar-refractivity contribution is -0.121. The molecule has 3 aromatic heterocycles. The molecule has 146 valence electrons. The van der Waals surface area contributed by atoms with Gasteiger partial charge < -0.3 is 10.6 Å². The van der Waals surface area contributed by atoms with Crippen LogP contribution < -0.4 is 10.6 Å². The van der Waals surface area contributed by atoms with Crippen molar-refractivity contribution in [1.29, 1.82) is 0 Å². The average Bonchev–Trinajstić information content (AvgIpc) is 3.28. The van der Waals surface area contributed by atoms with Gasteiger partial charge >= 0.3 is 0 Å². The maximum atomic E-state index is 12.1. The van der Waals surface area contributed by atoms with E-state index >= 15 is 0 Å². The summed E-state index contributed by atoms with van der Waals surface area (Å²) in [5, 5.41) is 17.1. The second-order valence-electron chi connectivity index (χ2n) is 7.04. The molecule has 1 fully saturated rings. The van der Waals surface area contributed by atoms with Crippen molar-refractivity contribution in [3.63, 3.8) is 0 Å². The van der Waals surface area contributed by atoms with E-state index in [1.807, 2.05) is 6.07 Å². The number of hydrogen-bond donors (Lipinski definition) is 2. The molecule has 2 amide bonds. The van der Waals surface area contributed by atoms with Crippen LogP contribution in [0.2, 0.25) is 0 Å². The molecule has 3 heterocycles. The molecular weight excluding hydrogens is 362 g/mol. The Balaban J connectivity index is 1.32. The predicted molar refractivity (Wildman–Crippen MR) is 97.0 cm³/mol. The van der Waals surface area contributed by atoms with Crippen LogP contribution in [0, 0.1) is 12.8 Å². The molecule has 10 nitrogen and oxygen atoms in total. The van der Waals surface area contributed by atoms with Gasteiger partial charge in [0.1, 0.15) is 5.69 Å². The first-order valence-electron chi connectivity index (χ1n) is 9.26. The van der Waals surface area contributed by atoms with Gasteiger partial charge in [0.05, 0.1) is 24.6 Å². The van der Waals surface area contributed by atoms with Gasteiger partial charge in [-0.1, -0.05) is 18.0 Å². The van der Waals surface area contributed by atoms with Gasteiger partial charge in [0.25, 0.3) is 5.91 Å².